The normalized spacial score (nSPS) is 17.9. The van der Waals surface area contributed by atoms with Gasteiger partial charge in [-0.2, -0.15) is 0 Å². The maximum absolute atomic E-state index is 13.0. The number of benzene rings is 2. The highest BCUT2D eigenvalue weighted by Gasteiger charge is 2.47. The fraction of sp³-hybridized carbons (Fsp3) is 0.200. The highest BCUT2D eigenvalue weighted by molar-refractivity contribution is 6.46. The van der Waals surface area contributed by atoms with E-state index in [-0.39, 0.29) is 17.9 Å². The standard InChI is InChI=1S/C25H23NO5/c1-15-6-9-18(13-16(15)2)23(27)21-22(20-5-4-12-31-20)26(25(29)24(21)28)14-17-7-10-19(30-3)11-8-17/h4-13,22,27H,14H2,1-3H3/b23-21-. The molecule has 31 heavy (non-hydrogen) atoms. The van der Waals surface area contributed by atoms with E-state index in [4.69, 9.17) is 9.15 Å². The van der Waals surface area contributed by atoms with E-state index in [2.05, 4.69) is 0 Å². The number of carbonyl (C=O) groups is 2. The Morgan fingerprint density at radius 2 is 1.81 bits per heavy atom. The number of aliphatic hydroxyl groups is 1. The van der Waals surface area contributed by atoms with Crippen LogP contribution in [-0.4, -0.2) is 28.8 Å². The lowest BCUT2D eigenvalue weighted by molar-refractivity contribution is -0.140. The average molecular weight is 417 g/mol. The molecule has 158 valence electrons. The molecule has 0 radical (unpaired) electrons. The van der Waals surface area contributed by atoms with Crippen molar-refractivity contribution < 1.29 is 23.8 Å². The zero-order valence-electron chi connectivity index (χ0n) is 17.6. The number of hydrogen-bond acceptors (Lipinski definition) is 5. The Labute approximate surface area is 180 Å². The van der Waals surface area contributed by atoms with Gasteiger partial charge in [0, 0.05) is 12.1 Å². The minimum atomic E-state index is -0.821. The van der Waals surface area contributed by atoms with Crippen LogP contribution in [0.5, 0.6) is 5.75 Å². The molecule has 3 aromatic rings. The molecule has 6 nitrogen and oxygen atoms in total. The van der Waals surface area contributed by atoms with Crippen molar-refractivity contribution in [2.45, 2.75) is 26.4 Å². The first-order valence-electron chi connectivity index (χ1n) is 9.93. The topological polar surface area (TPSA) is 80.0 Å². The molecule has 1 saturated heterocycles. The van der Waals surface area contributed by atoms with Crippen LogP contribution in [0.1, 0.15) is 34.1 Å². The predicted molar refractivity (Wildman–Crippen MR) is 115 cm³/mol. The van der Waals surface area contributed by atoms with Crippen molar-refractivity contribution in [2.75, 3.05) is 7.11 Å². The lowest BCUT2D eigenvalue weighted by Crippen LogP contribution is -2.29. The monoisotopic (exact) mass is 417 g/mol. The highest BCUT2D eigenvalue weighted by Crippen LogP contribution is 2.40. The molecule has 1 N–H and O–H groups in total. The van der Waals surface area contributed by atoms with Crippen LogP contribution in [0.2, 0.25) is 0 Å². The van der Waals surface area contributed by atoms with E-state index in [0.717, 1.165) is 16.7 Å². The van der Waals surface area contributed by atoms with E-state index in [1.165, 1.54) is 11.2 Å². The summed E-state index contributed by atoms with van der Waals surface area (Å²) in [4.78, 5) is 27.4. The van der Waals surface area contributed by atoms with Crippen molar-refractivity contribution in [1.82, 2.24) is 4.90 Å². The van der Waals surface area contributed by atoms with Gasteiger partial charge in [0.1, 0.15) is 23.3 Å². The van der Waals surface area contributed by atoms with Crippen LogP contribution < -0.4 is 4.74 Å². The molecule has 1 amide bonds. The number of ether oxygens (including phenoxy) is 1. The van der Waals surface area contributed by atoms with E-state index in [1.54, 1.807) is 43.5 Å². The molecule has 1 aliphatic rings. The maximum Gasteiger partial charge on any atom is 0.296 e. The van der Waals surface area contributed by atoms with Gasteiger partial charge in [-0.15, -0.1) is 0 Å². The Morgan fingerprint density at radius 1 is 1.06 bits per heavy atom. The second-order valence-corrected chi connectivity index (χ2v) is 7.59. The molecule has 0 saturated carbocycles. The van der Waals surface area contributed by atoms with Crippen LogP contribution in [-0.2, 0) is 16.1 Å². The van der Waals surface area contributed by atoms with Crippen molar-refractivity contribution in [3.05, 3.63) is 94.4 Å². The lowest BCUT2D eigenvalue weighted by Gasteiger charge is -2.23. The smallest absolute Gasteiger partial charge is 0.296 e. The molecule has 0 bridgehead atoms. The fourth-order valence-electron chi connectivity index (χ4n) is 3.76. The summed E-state index contributed by atoms with van der Waals surface area (Å²) in [6.07, 6.45) is 1.48. The van der Waals surface area contributed by atoms with E-state index in [1.807, 2.05) is 32.0 Å². The first kappa shape index (κ1) is 20.5. The minimum Gasteiger partial charge on any atom is -0.507 e. The first-order valence-corrected chi connectivity index (χ1v) is 9.93. The van der Waals surface area contributed by atoms with Crippen LogP contribution in [0.15, 0.2) is 70.9 Å². The number of furan rings is 1. The Morgan fingerprint density at radius 3 is 2.42 bits per heavy atom. The number of ketones is 1. The molecule has 0 spiro atoms. The van der Waals surface area contributed by atoms with Gasteiger partial charge >= 0.3 is 0 Å². The largest absolute Gasteiger partial charge is 0.507 e. The van der Waals surface area contributed by atoms with Crippen LogP contribution >= 0.6 is 0 Å². The minimum absolute atomic E-state index is 0.0247. The number of amides is 1. The Balaban J connectivity index is 1.80. The molecule has 2 aromatic carbocycles. The number of aryl methyl sites for hydroxylation is 2. The summed E-state index contributed by atoms with van der Waals surface area (Å²) in [7, 11) is 1.58. The molecule has 2 heterocycles. The Kier molecular flexibility index (Phi) is 5.38. The van der Waals surface area contributed by atoms with E-state index >= 15 is 0 Å². The van der Waals surface area contributed by atoms with Gasteiger partial charge in [0.2, 0.25) is 0 Å². The number of nitrogens with zero attached hydrogens (tertiary/aromatic N) is 1. The van der Waals surface area contributed by atoms with Gasteiger partial charge in [0.15, 0.2) is 0 Å². The SMILES string of the molecule is COc1ccc(CN2C(=O)C(=O)/C(=C(\O)c3ccc(C)c(C)c3)C2c2ccco2)cc1. The van der Waals surface area contributed by atoms with Gasteiger partial charge in [-0.05, 0) is 60.9 Å². The summed E-state index contributed by atoms with van der Waals surface area (Å²) in [6, 6.07) is 15.3. The van der Waals surface area contributed by atoms with Crippen LogP contribution in [0, 0.1) is 13.8 Å². The van der Waals surface area contributed by atoms with Crippen molar-refractivity contribution >= 4 is 17.4 Å². The first-order chi connectivity index (χ1) is 14.9. The van der Waals surface area contributed by atoms with E-state index in [9.17, 15) is 14.7 Å². The van der Waals surface area contributed by atoms with Crippen LogP contribution in [0.4, 0.5) is 0 Å². The number of aliphatic hydroxyl groups excluding tert-OH is 1. The molecule has 6 heteroatoms. The van der Waals surface area contributed by atoms with Gasteiger partial charge < -0.3 is 19.2 Å². The van der Waals surface area contributed by atoms with Gasteiger partial charge in [0.05, 0.1) is 18.9 Å². The number of rotatable bonds is 5. The lowest BCUT2D eigenvalue weighted by atomic mass is 9.97. The van der Waals surface area contributed by atoms with Gasteiger partial charge in [-0.25, -0.2) is 0 Å². The van der Waals surface area contributed by atoms with E-state index < -0.39 is 17.7 Å². The molecule has 1 unspecified atom stereocenters. The molecular formula is C25H23NO5. The third-order valence-corrected chi connectivity index (χ3v) is 5.64. The number of carbonyl (C=O) groups excluding carboxylic acids is 2. The molecule has 1 fully saturated rings. The predicted octanol–water partition coefficient (Wildman–Crippen LogP) is 4.53. The summed E-state index contributed by atoms with van der Waals surface area (Å²) in [6.45, 7) is 4.08. The second-order valence-electron chi connectivity index (χ2n) is 7.59. The molecule has 4 rings (SSSR count). The molecular weight excluding hydrogens is 394 g/mol. The molecule has 1 atom stereocenters. The molecule has 0 aliphatic carbocycles. The third kappa shape index (κ3) is 3.72. The average Bonchev–Trinajstić information content (AvgIpc) is 3.38. The zero-order chi connectivity index (χ0) is 22.1. The maximum atomic E-state index is 13.0. The number of Topliss-reactive ketones (excluding diaryl/α,β-unsaturated/α-hetero) is 1. The van der Waals surface area contributed by atoms with E-state index in [0.29, 0.717) is 17.1 Å². The van der Waals surface area contributed by atoms with Gasteiger partial charge in [-0.1, -0.05) is 24.3 Å². The third-order valence-electron chi connectivity index (χ3n) is 5.64. The van der Waals surface area contributed by atoms with Crippen molar-refractivity contribution in [1.29, 1.82) is 0 Å². The van der Waals surface area contributed by atoms with Gasteiger partial charge in [0.25, 0.3) is 11.7 Å². The van der Waals surface area contributed by atoms with Crippen molar-refractivity contribution in [3.8, 4) is 5.75 Å². The summed E-state index contributed by atoms with van der Waals surface area (Å²) in [5.41, 5.74) is 3.38. The summed E-state index contributed by atoms with van der Waals surface area (Å²) >= 11 is 0. The quantitative estimate of drug-likeness (QED) is 0.375. The van der Waals surface area contributed by atoms with Crippen LogP contribution in [0.3, 0.4) is 0 Å². The number of methoxy groups -OCH3 is 1. The summed E-state index contributed by atoms with van der Waals surface area (Å²) in [5.74, 6) is -0.505. The van der Waals surface area contributed by atoms with Crippen molar-refractivity contribution in [3.63, 3.8) is 0 Å². The van der Waals surface area contributed by atoms with Crippen molar-refractivity contribution in [2.24, 2.45) is 0 Å². The fourth-order valence-corrected chi connectivity index (χ4v) is 3.76. The highest BCUT2D eigenvalue weighted by atomic mass is 16.5. The number of hydrogen-bond donors (Lipinski definition) is 1. The van der Waals surface area contributed by atoms with Gasteiger partial charge in [-0.3, -0.25) is 9.59 Å². The Bertz CT molecular complexity index is 1160. The molecule has 1 aromatic heterocycles. The Hall–Kier alpha value is -3.80. The summed E-state index contributed by atoms with van der Waals surface area (Å²) in [5, 5.41) is 11.1. The molecule has 1 aliphatic heterocycles. The second kappa shape index (κ2) is 8.14. The van der Waals surface area contributed by atoms with Crippen LogP contribution in [0.25, 0.3) is 5.76 Å². The zero-order valence-corrected chi connectivity index (χ0v) is 17.6. The number of likely N-dealkylation sites (tertiary alicyclic amines) is 1. The summed E-state index contributed by atoms with van der Waals surface area (Å²) < 4.78 is 10.7.